The molecular weight excluding hydrogens is 440 g/mol. The molecule has 0 bridgehead atoms. The van der Waals surface area contributed by atoms with Crippen LogP contribution in [0.15, 0.2) is 78.9 Å². The zero-order chi connectivity index (χ0) is 24.6. The molecule has 2 amide bonds. The van der Waals surface area contributed by atoms with Crippen molar-refractivity contribution < 1.29 is 14.3 Å². The second-order valence-electron chi connectivity index (χ2n) is 8.68. The van der Waals surface area contributed by atoms with Crippen molar-refractivity contribution >= 4 is 23.2 Å². The van der Waals surface area contributed by atoms with Gasteiger partial charge in [-0.25, -0.2) is 0 Å². The van der Waals surface area contributed by atoms with Gasteiger partial charge >= 0.3 is 0 Å². The highest BCUT2D eigenvalue weighted by atomic mass is 16.5. The fourth-order valence-electron chi connectivity index (χ4n) is 4.21. The van der Waals surface area contributed by atoms with Gasteiger partial charge in [0.1, 0.15) is 11.8 Å². The van der Waals surface area contributed by atoms with Crippen LogP contribution in [0.4, 0.5) is 11.4 Å². The lowest BCUT2D eigenvalue weighted by atomic mass is 10.1. The van der Waals surface area contributed by atoms with Crippen LogP contribution in [0.1, 0.15) is 22.8 Å². The first kappa shape index (κ1) is 24.3. The molecule has 3 aromatic rings. The van der Waals surface area contributed by atoms with Crippen molar-refractivity contribution in [1.29, 1.82) is 0 Å². The Morgan fingerprint density at radius 1 is 0.886 bits per heavy atom. The fourth-order valence-corrected chi connectivity index (χ4v) is 4.21. The molecule has 7 nitrogen and oxygen atoms in total. The number of nitrogens with zero attached hydrogens (tertiary/aromatic N) is 2. The van der Waals surface area contributed by atoms with Crippen molar-refractivity contribution in [2.75, 3.05) is 43.9 Å². The lowest BCUT2D eigenvalue weighted by Gasteiger charge is -2.36. The van der Waals surface area contributed by atoms with E-state index in [0.29, 0.717) is 17.0 Å². The number of benzene rings is 3. The molecule has 1 fully saturated rings. The van der Waals surface area contributed by atoms with Crippen LogP contribution >= 0.6 is 0 Å². The third-order valence-corrected chi connectivity index (χ3v) is 6.19. The first-order chi connectivity index (χ1) is 17.0. The number of amides is 2. The van der Waals surface area contributed by atoms with E-state index in [-0.39, 0.29) is 17.9 Å². The zero-order valence-electron chi connectivity index (χ0n) is 20.2. The maximum Gasteiger partial charge on any atom is 0.255 e. The number of hydrogen-bond donors (Lipinski definition) is 2. The molecule has 0 saturated carbocycles. The molecule has 0 aliphatic carbocycles. The number of ether oxygens (including phenoxy) is 1. The summed E-state index contributed by atoms with van der Waals surface area (Å²) in [7, 11) is 1.57. The molecule has 1 atom stereocenters. The summed E-state index contributed by atoms with van der Waals surface area (Å²) in [5.41, 5.74) is 3.23. The van der Waals surface area contributed by atoms with E-state index in [2.05, 4.69) is 39.8 Å². The van der Waals surface area contributed by atoms with Gasteiger partial charge in [0.15, 0.2) is 0 Å². The SMILES string of the molecule is COc1ccccc1NC(=O)c1ccc(NC(C)C(=O)N2CCN(Cc3ccccc3)CC2)cc1. The number of methoxy groups -OCH3 is 1. The molecule has 1 aliphatic rings. The fraction of sp³-hybridized carbons (Fsp3) is 0.286. The van der Waals surface area contributed by atoms with Gasteiger partial charge in [-0.3, -0.25) is 14.5 Å². The summed E-state index contributed by atoms with van der Waals surface area (Å²) in [5, 5.41) is 6.14. The summed E-state index contributed by atoms with van der Waals surface area (Å²) in [6.07, 6.45) is 0. The molecule has 4 rings (SSSR count). The number of rotatable bonds is 8. The monoisotopic (exact) mass is 472 g/mol. The van der Waals surface area contributed by atoms with Crippen molar-refractivity contribution in [1.82, 2.24) is 9.80 Å². The van der Waals surface area contributed by atoms with Crippen LogP contribution in [-0.2, 0) is 11.3 Å². The number of anilines is 2. The van der Waals surface area contributed by atoms with Crippen molar-refractivity contribution in [2.24, 2.45) is 0 Å². The van der Waals surface area contributed by atoms with Gasteiger partial charge in [0.2, 0.25) is 5.91 Å². The molecular formula is C28H32N4O3. The second kappa shape index (κ2) is 11.5. The smallest absolute Gasteiger partial charge is 0.255 e. The number of para-hydroxylation sites is 2. The Morgan fingerprint density at radius 3 is 2.23 bits per heavy atom. The lowest BCUT2D eigenvalue weighted by molar-refractivity contribution is -0.133. The lowest BCUT2D eigenvalue weighted by Crippen LogP contribution is -2.51. The van der Waals surface area contributed by atoms with Crippen LogP contribution in [0.2, 0.25) is 0 Å². The van der Waals surface area contributed by atoms with Crippen molar-refractivity contribution in [3.63, 3.8) is 0 Å². The molecule has 1 aliphatic heterocycles. The number of nitrogens with one attached hydrogen (secondary N) is 2. The van der Waals surface area contributed by atoms with Gasteiger partial charge in [0.25, 0.3) is 5.91 Å². The first-order valence-corrected chi connectivity index (χ1v) is 11.9. The average molecular weight is 473 g/mol. The van der Waals surface area contributed by atoms with Crippen LogP contribution in [0.25, 0.3) is 0 Å². The molecule has 2 N–H and O–H groups in total. The van der Waals surface area contributed by atoms with Crippen molar-refractivity contribution in [2.45, 2.75) is 19.5 Å². The van der Waals surface area contributed by atoms with Gasteiger partial charge in [-0.1, -0.05) is 42.5 Å². The minimum Gasteiger partial charge on any atom is -0.495 e. The Balaban J connectivity index is 1.27. The van der Waals surface area contributed by atoms with Gasteiger partial charge in [0, 0.05) is 44.0 Å². The third kappa shape index (κ3) is 6.39. The summed E-state index contributed by atoms with van der Waals surface area (Å²) in [4.78, 5) is 29.9. The number of piperazine rings is 1. The highest BCUT2D eigenvalue weighted by Gasteiger charge is 2.25. The van der Waals surface area contributed by atoms with Crippen LogP contribution in [0.3, 0.4) is 0 Å². The topological polar surface area (TPSA) is 73.9 Å². The molecule has 7 heteroatoms. The van der Waals surface area contributed by atoms with Gasteiger partial charge < -0.3 is 20.3 Å². The van der Waals surface area contributed by atoms with E-state index in [0.717, 1.165) is 38.4 Å². The zero-order valence-corrected chi connectivity index (χ0v) is 20.2. The van der Waals surface area contributed by atoms with Gasteiger partial charge in [0.05, 0.1) is 12.8 Å². The Kier molecular flexibility index (Phi) is 8.00. The first-order valence-electron chi connectivity index (χ1n) is 11.9. The predicted octanol–water partition coefficient (Wildman–Crippen LogP) is 4.09. The Morgan fingerprint density at radius 2 is 1.54 bits per heavy atom. The van der Waals surface area contributed by atoms with Crippen molar-refractivity contribution in [3.8, 4) is 5.75 Å². The van der Waals surface area contributed by atoms with Gasteiger partial charge in [-0.05, 0) is 48.9 Å². The highest BCUT2D eigenvalue weighted by Crippen LogP contribution is 2.24. The largest absolute Gasteiger partial charge is 0.495 e. The van der Waals surface area contributed by atoms with E-state index in [9.17, 15) is 9.59 Å². The predicted molar refractivity (Wildman–Crippen MR) is 139 cm³/mol. The maximum atomic E-state index is 13.0. The summed E-state index contributed by atoms with van der Waals surface area (Å²) in [5.74, 6) is 0.466. The molecule has 0 spiro atoms. The third-order valence-electron chi connectivity index (χ3n) is 6.19. The normalized spacial score (nSPS) is 14.7. The van der Waals surface area contributed by atoms with Crippen LogP contribution in [0.5, 0.6) is 5.75 Å². The minimum absolute atomic E-state index is 0.0855. The number of carbonyl (C=O) groups excluding carboxylic acids is 2. The van der Waals surface area contributed by atoms with Gasteiger partial charge in [-0.15, -0.1) is 0 Å². The number of hydrogen-bond acceptors (Lipinski definition) is 5. The Bertz CT molecular complexity index is 1130. The summed E-state index contributed by atoms with van der Waals surface area (Å²) < 4.78 is 5.29. The summed E-state index contributed by atoms with van der Waals surface area (Å²) in [6.45, 7) is 5.96. The average Bonchev–Trinajstić information content (AvgIpc) is 2.90. The standard InChI is InChI=1S/C28H32N4O3/c1-21(28(34)32-18-16-31(17-19-32)20-22-8-4-3-5-9-22)29-24-14-12-23(13-15-24)27(33)30-25-10-6-7-11-26(25)35-2/h3-15,21,29H,16-20H2,1-2H3,(H,30,33). The molecule has 3 aromatic carbocycles. The number of carbonyl (C=O) groups is 2. The van der Waals surface area contributed by atoms with E-state index in [1.807, 2.05) is 42.2 Å². The van der Waals surface area contributed by atoms with Crippen LogP contribution < -0.4 is 15.4 Å². The highest BCUT2D eigenvalue weighted by molar-refractivity contribution is 6.05. The molecule has 1 saturated heterocycles. The van der Waals surface area contributed by atoms with E-state index < -0.39 is 0 Å². The molecule has 1 heterocycles. The van der Waals surface area contributed by atoms with Crippen molar-refractivity contribution in [3.05, 3.63) is 90.0 Å². The molecule has 35 heavy (non-hydrogen) atoms. The minimum atomic E-state index is -0.357. The van der Waals surface area contributed by atoms with Crippen LogP contribution in [0, 0.1) is 0 Å². The van der Waals surface area contributed by atoms with Gasteiger partial charge in [-0.2, -0.15) is 0 Å². The van der Waals surface area contributed by atoms with Crippen LogP contribution in [-0.4, -0.2) is 60.9 Å². The van der Waals surface area contributed by atoms with E-state index in [4.69, 9.17) is 4.74 Å². The maximum absolute atomic E-state index is 13.0. The summed E-state index contributed by atoms with van der Waals surface area (Å²) >= 11 is 0. The molecule has 0 aromatic heterocycles. The molecule has 182 valence electrons. The Hall–Kier alpha value is -3.84. The van der Waals surface area contributed by atoms with E-state index in [1.54, 1.807) is 31.4 Å². The summed E-state index contributed by atoms with van der Waals surface area (Å²) in [6, 6.07) is 24.5. The van der Waals surface area contributed by atoms with E-state index >= 15 is 0 Å². The molecule has 1 unspecified atom stereocenters. The van der Waals surface area contributed by atoms with E-state index in [1.165, 1.54) is 5.56 Å². The Labute approximate surface area is 206 Å². The quantitative estimate of drug-likeness (QED) is 0.517. The molecule has 0 radical (unpaired) electrons. The second-order valence-corrected chi connectivity index (χ2v) is 8.68.